The molecule has 1 rings (SSSR count). The normalized spacial score (nSPS) is 28.6. The molecular weight excluding hydrogens is 199 g/mol. The van der Waals surface area contributed by atoms with Gasteiger partial charge in [-0.15, -0.1) is 0 Å². The molecule has 1 aliphatic rings. The van der Waals surface area contributed by atoms with Crippen LogP contribution in [0.15, 0.2) is 0 Å². The van der Waals surface area contributed by atoms with Crippen LogP contribution in [0.4, 0.5) is 13.2 Å². The average molecular weight is 211 g/mol. The van der Waals surface area contributed by atoms with Crippen molar-refractivity contribution < 1.29 is 22.7 Å². The van der Waals surface area contributed by atoms with Gasteiger partial charge in [-0.05, 0) is 19.4 Å². The monoisotopic (exact) mass is 211 g/mol. The summed E-state index contributed by atoms with van der Waals surface area (Å²) >= 11 is 0. The van der Waals surface area contributed by atoms with Crippen molar-refractivity contribution in [1.82, 2.24) is 5.32 Å². The summed E-state index contributed by atoms with van der Waals surface area (Å²) in [6, 6.07) is -1.24. The van der Waals surface area contributed by atoms with E-state index in [1.165, 1.54) is 0 Å². The van der Waals surface area contributed by atoms with Gasteiger partial charge in [0, 0.05) is 0 Å². The number of piperidine rings is 1. The Kier molecular flexibility index (Phi) is 3.36. The summed E-state index contributed by atoms with van der Waals surface area (Å²) in [4.78, 5) is 11.0. The maximum absolute atomic E-state index is 12.4. The second-order valence-corrected chi connectivity index (χ2v) is 3.25. The van der Waals surface area contributed by atoms with Crippen molar-refractivity contribution in [3.8, 4) is 0 Å². The summed E-state index contributed by atoms with van der Waals surface area (Å²) in [6.07, 6.45) is -3.93. The standard InChI is InChI=1S/C8H12F3NO2/c1-14-7(13)6-5(8(9,10)11)3-2-4-12-6/h5-6,12H,2-4H2,1H3/t5-,6+/m0/s1. The lowest BCUT2D eigenvalue weighted by molar-refractivity contribution is -0.195. The zero-order valence-corrected chi connectivity index (χ0v) is 7.73. The number of alkyl halides is 3. The second-order valence-electron chi connectivity index (χ2n) is 3.25. The van der Waals surface area contributed by atoms with Crippen molar-refractivity contribution in [2.75, 3.05) is 13.7 Å². The Morgan fingerprint density at radius 1 is 1.50 bits per heavy atom. The maximum atomic E-state index is 12.4. The molecule has 6 heteroatoms. The summed E-state index contributed by atoms with van der Waals surface area (Å²) in [5, 5.41) is 2.53. The first-order chi connectivity index (χ1) is 6.46. The fourth-order valence-corrected chi connectivity index (χ4v) is 1.62. The molecule has 1 aliphatic heterocycles. The molecule has 0 aromatic rings. The first kappa shape index (κ1) is 11.3. The summed E-state index contributed by atoms with van der Waals surface area (Å²) < 4.78 is 41.6. The molecule has 0 aliphatic carbocycles. The number of carbonyl (C=O) groups is 1. The number of halogens is 3. The van der Waals surface area contributed by atoms with Gasteiger partial charge in [-0.1, -0.05) is 0 Å². The fourth-order valence-electron chi connectivity index (χ4n) is 1.62. The number of ether oxygens (including phenoxy) is 1. The fraction of sp³-hybridized carbons (Fsp3) is 0.875. The van der Waals surface area contributed by atoms with Gasteiger partial charge in [-0.25, -0.2) is 0 Å². The Labute approximate surface area is 79.6 Å². The highest BCUT2D eigenvalue weighted by Crippen LogP contribution is 2.34. The molecule has 14 heavy (non-hydrogen) atoms. The molecule has 0 bridgehead atoms. The first-order valence-corrected chi connectivity index (χ1v) is 4.34. The smallest absolute Gasteiger partial charge is 0.393 e. The van der Waals surface area contributed by atoms with Crippen molar-refractivity contribution in [2.45, 2.75) is 25.1 Å². The molecular formula is C8H12F3NO2. The minimum absolute atomic E-state index is 0.0176. The van der Waals surface area contributed by atoms with E-state index in [1.807, 2.05) is 0 Å². The Bertz CT molecular complexity index is 217. The van der Waals surface area contributed by atoms with E-state index >= 15 is 0 Å². The van der Waals surface area contributed by atoms with Crippen LogP contribution in [0, 0.1) is 5.92 Å². The molecule has 0 saturated carbocycles. The van der Waals surface area contributed by atoms with Gasteiger partial charge in [-0.3, -0.25) is 4.79 Å². The van der Waals surface area contributed by atoms with E-state index in [0.717, 1.165) is 7.11 Å². The Balaban J connectivity index is 2.74. The Morgan fingerprint density at radius 2 is 2.14 bits per heavy atom. The minimum Gasteiger partial charge on any atom is -0.468 e. The van der Waals surface area contributed by atoms with Crippen LogP contribution in [0.25, 0.3) is 0 Å². The predicted octanol–water partition coefficient (Wildman–Crippen LogP) is 1.09. The van der Waals surface area contributed by atoms with E-state index in [9.17, 15) is 18.0 Å². The lowest BCUT2D eigenvalue weighted by Gasteiger charge is -2.31. The van der Waals surface area contributed by atoms with Gasteiger partial charge in [0.25, 0.3) is 0 Å². The van der Waals surface area contributed by atoms with Gasteiger partial charge in [0.2, 0.25) is 0 Å². The van der Waals surface area contributed by atoms with Crippen LogP contribution in [-0.4, -0.2) is 31.8 Å². The number of methoxy groups -OCH3 is 1. The van der Waals surface area contributed by atoms with E-state index in [2.05, 4.69) is 10.1 Å². The summed E-state index contributed by atoms with van der Waals surface area (Å²) in [5.74, 6) is -2.46. The summed E-state index contributed by atoms with van der Waals surface area (Å²) in [7, 11) is 1.09. The highest BCUT2D eigenvalue weighted by molar-refractivity contribution is 5.76. The largest absolute Gasteiger partial charge is 0.468 e. The molecule has 0 spiro atoms. The molecule has 1 heterocycles. The highest BCUT2D eigenvalue weighted by atomic mass is 19.4. The third-order valence-corrected chi connectivity index (χ3v) is 2.33. The molecule has 82 valence electrons. The van der Waals surface area contributed by atoms with Crippen LogP contribution in [0.1, 0.15) is 12.8 Å². The summed E-state index contributed by atoms with van der Waals surface area (Å²) in [5.41, 5.74) is 0. The lowest BCUT2D eigenvalue weighted by atomic mass is 9.90. The third kappa shape index (κ3) is 2.37. The quantitative estimate of drug-likeness (QED) is 0.660. The van der Waals surface area contributed by atoms with Gasteiger partial charge in [0.05, 0.1) is 13.0 Å². The van der Waals surface area contributed by atoms with Crippen molar-refractivity contribution in [3.63, 3.8) is 0 Å². The van der Waals surface area contributed by atoms with Crippen molar-refractivity contribution in [1.29, 1.82) is 0 Å². The topological polar surface area (TPSA) is 38.3 Å². The van der Waals surface area contributed by atoms with E-state index in [4.69, 9.17) is 0 Å². The SMILES string of the molecule is COC(=O)[C@@H]1NCCC[C@@H]1C(F)(F)F. The Morgan fingerprint density at radius 3 is 2.64 bits per heavy atom. The molecule has 0 aromatic heterocycles. The predicted molar refractivity (Wildman–Crippen MR) is 42.6 cm³/mol. The van der Waals surface area contributed by atoms with E-state index in [0.29, 0.717) is 13.0 Å². The molecule has 3 nitrogen and oxygen atoms in total. The van der Waals surface area contributed by atoms with E-state index in [-0.39, 0.29) is 6.42 Å². The highest BCUT2D eigenvalue weighted by Gasteiger charge is 2.48. The molecule has 2 atom stereocenters. The van der Waals surface area contributed by atoms with Crippen molar-refractivity contribution in [2.24, 2.45) is 5.92 Å². The lowest BCUT2D eigenvalue weighted by Crippen LogP contribution is -2.52. The molecule has 1 fully saturated rings. The van der Waals surface area contributed by atoms with Crippen molar-refractivity contribution in [3.05, 3.63) is 0 Å². The zero-order valence-electron chi connectivity index (χ0n) is 7.73. The van der Waals surface area contributed by atoms with Gasteiger partial charge < -0.3 is 10.1 Å². The Hall–Kier alpha value is -0.780. The summed E-state index contributed by atoms with van der Waals surface area (Å²) in [6.45, 7) is 0.423. The van der Waals surface area contributed by atoms with E-state index < -0.39 is 24.1 Å². The van der Waals surface area contributed by atoms with Crippen LogP contribution < -0.4 is 5.32 Å². The molecule has 1 saturated heterocycles. The maximum Gasteiger partial charge on any atom is 0.393 e. The van der Waals surface area contributed by atoms with Gasteiger partial charge in [-0.2, -0.15) is 13.2 Å². The van der Waals surface area contributed by atoms with Crippen LogP contribution >= 0.6 is 0 Å². The van der Waals surface area contributed by atoms with Gasteiger partial charge in [0.1, 0.15) is 6.04 Å². The van der Waals surface area contributed by atoms with Gasteiger partial charge >= 0.3 is 12.1 Å². The van der Waals surface area contributed by atoms with Crippen LogP contribution in [-0.2, 0) is 9.53 Å². The number of carbonyl (C=O) groups excluding carboxylic acids is 1. The van der Waals surface area contributed by atoms with Gasteiger partial charge in [0.15, 0.2) is 0 Å². The molecule has 0 unspecified atom stereocenters. The average Bonchev–Trinajstić information content (AvgIpc) is 2.15. The number of esters is 1. The van der Waals surface area contributed by atoms with Crippen LogP contribution in [0.3, 0.4) is 0 Å². The molecule has 1 N–H and O–H groups in total. The third-order valence-electron chi connectivity index (χ3n) is 2.33. The van der Waals surface area contributed by atoms with Crippen molar-refractivity contribution >= 4 is 5.97 Å². The van der Waals surface area contributed by atoms with E-state index in [1.54, 1.807) is 0 Å². The van der Waals surface area contributed by atoms with Crippen LogP contribution in [0.5, 0.6) is 0 Å². The first-order valence-electron chi connectivity index (χ1n) is 4.34. The zero-order chi connectivity index (χ0) is 10.8. The minimum atomic E-state index is -4.34. The molecule has 0 amide bonds. The number of hydrogen-bond donors (Lipinski definition) is 1. The number of hydrogen-bond acceptors (Lipinski definition) is 3. The molecule has 0 aromatic carbocycles. The van der Waals surface area contributed by atoms with Crippen LogP contribution in [0.2, 0.25) is 0 Å². The molecule has 0 radical (unpaired) electrons. The second kappa shape index (κ2) is 4.16. The number of nitrogens with one attached hydrogen (secondary N) is 1. The number of rotatable bonds is 1.